The molecule has 2 heterocycles. The number of carbonyl (C=O) groups is 1. The lowest BCUT2D eigenvalue weighted by Gasteiger charge is -2.34. The molecule has 1 aliphatic heterocycles. The topological polar surface area (TPSA) is 78.9 Å². The molecule has 1 amide bonds. The summed E-state index contributed by atoms with van der Waals surface area (Å²) in [5, 5.41) is 6.62. The van der Waals surface area contributed by atoms with Crippen molar-refractivity contribution >= 4 is 23.5 Å². The molecule has 0 bridgehead atoms. The summed E-state index contributed by atoms with van der Waals surface area (Å²) in [4.78, 5) is 22.5. The van der Waals surface area contributed by atoms with Crippen molar-refractivity contribution in [1.82, 2.24) is 20.5 Å². The summed E-state index contributed by atoms with van der Waals surface area (Å²) in [5.74, 6) is 2.02. The number of aliphatic imine (C=N–C) groups is 1. The number of piperidine rings is 1. The highest BCUT2D eigenvalue weighted by atomic mass is 35.5. The molecule has 2 N–H and O–H groups in total. The van der Waals surface area contributed by atoms with Gasteiger partial charge in [0.05, 0.1) is 11.6 Å². The average molecular weight is 382 g/mol. The third-order valence-electron chi connectivity index (χ3n) is 4.30. The van der Waals surface area contributed by atoms with Gasteiger partial charge in [0.15, 0.2) is 5.96 Å². The van der Waals surface area contributed by atoms with Crippen molar-refractivity contribution in [1.29, 1.82) is 0 Å². The highest BCUT2D eigenvalue weighted by molar-refractivity contribution is 6.30. The molecule has 0 aliphatic carbocycles. The molecule has 144 valence electrons. The van der Waals surface area contributed by atoms with Crippen LogP contribution in [0.15, 0.2) is 23.3 Å². The van der Waals surface area contributed by atoms with Gasteiger partial charge in [0.1, 0.15) is 6.61 Å². The van der Waals surface area contributed by atoms with Gasteiger partial charge in [-0.15, -0.1) is 0 Å². The average Bonchev–Trinajstić information content (AvgIpc) is 2.66. The van der Waals surface area contributed by atoms with Gasteiger partial charge in [-0.2, -0.15) is 0 Å². The quantitative estimate of drug-likeness (QED) is 0.428. The van der Waals surface area contributed by atoms with E-state index in [2.05, 4.69) is 32.4 Å². The van der Waals surface area contributed by atoms with Crippen molar-refractivity contribution in [2.45, 2.75) is 26.2 Å². The summed E-state index contributed by atoms with van der Waals surface area (Å²) in [5.41, 5.74) is 0. The lowest BCUT2D eigenvalue weighted by Crippen LogP contribution is -2.46. The van der Waals surface area contributed by atoms with Crippen LogP contribution in [0, 0.1) is 5.92 Å². The maximum Gasteiger partial charge on any atom is 0.220 e. The van der Waals surface area contributed by atoms with Gasteiger partial charge >= 0.3 is 0 Å². The van der Waals surface area contributed by atoms with Gasteiger partial charge in [0.2, 0.25) is 11.8 Å². The van der Waals surface area contributed by atoms with Crippen LogP contribution in [0.25, 0.3) is 0 Å². The summed E-state index contributed by atoms with van der Waals surface area (Å²) in [6.07, 6.45) is 4.18. The van der Waals surface area contributed by atoms with E-state index in [1.54, 1.807) is 25.4 Å². The lowest BCUT2D eigenvalue weighted by molar-refractivity contribution is -0.121. The second-order valence-electron chi connectivity index (χ2n) is 6.21. The number of likely N-dealkylation sites (tertiary alicyclic amines) is 1. The molecular weight excluding hydrogens is 354 g/mol. The third kappa shape index (κ3) is 6.71. The van der Waals surface area contributed by atoms with Gasteiger partial charge in [0, 0.05) is 45.4 Å². The van der Waals surface area contributed by atoms with Crippen molar-refractivity contribution in [2.75, 3.05) is 39.8 Å². The zero-order chi connectivity index (χ0) is 18.8. The molecule has 1 aliphatic rings. The van der Waals surface area contributed by atoms with Gasteiger partial charge in [-0.1, -0.05) is 11.6 Å². The predicted molar refractivity (Wildman–Crippen MR) is 104 cm³/mol. The van der Waals surface area contributed by atoms with E-state index in [0.29, 0.717) is 36.4 Å². The van der Waals surface area contributed by atoms with Crippen LogP contribution in [0.3, 0.4) is 0 Å². The Morgan fingerprint density at radius 3 is 2.81 bits per heavy atom. The first-order chi connectivity index (χ1) is 12.6. The minimum Gasteiger partial charge on any atom is -0.476 e. The van der Waals surface area contributed by atoms with Crippen LogP contribution >= 0.6 is 11.6 Å². The molecular formula is C18H28ClN5O2. The van der Waals surface area contributed by atoms with Crippen molar-refractivity contribution in [2.24, 2.45) is 10.9 Å². The molecule has 1 saturated heterocycles. The molecule has 26 heavy (non-hydrogen) atoms. The highest BCUT2D eigenvalue weighted by Crippen LogP contribution is 2.20. The van der Waals surface area contributed by atoms with Crippen LogP contribution in [-0.2, 0) is 4.79 Å². The lowest BCUT2D eigenvalue weighted by atomic mass is 9.93. The van der Waals surface area contributed by atoms with E-state index in [9.17, 15) is 4.79 Å². The Morgan fingerprint density at radius 1 is 1.42 bits per heavy atom. The van der Waals surface area contributed by atoms with E-state index >= 15 is 0 Å². The molecule has 0 atom stereocenters. The van der Waals surface area contributed by atoms with Gasteiger partial charge in [0.25, 0.3) is 0 Å². The van der Waals surface area contributed by atoms with Crippen molar-refractivity contribution in [3.63, 3.8) is 0 Å². The largest absolute Gasteiger partial charge is 0.476 e. The molecule has 0 aromatic carbocycles. The van der Waals surface area contributed by atoms with Crippen LogP contribution in [0.5, 0.6) is 5.88 Å². The first kappa shape index (κ1) is 20.3. The van der Waals surface area contributed by atoms with E-state index in [-0.39, 0.29) is 5.91 Å². The van der Waals surface area contributed by atoms with Gasteiger partial charge < -0.3 is 20.3 Å². The number of halogens is 1. The Hall–Kier alpha value is -2.02. The highest BCUT2D eigenvalue weighted by Gasteiger charge is 2.22. The van der Waals surface area contributed by atoms with Gasteiger partial charge in [-0.3, -0.25) is 4.79 Å². The minimum atomic E-state index is 0.122. The number of carbonyl (C=O) groups excluding carboxylic acids is 1. The van der Waals surface area contributed by atoms with Crippen LogP contribution in [-0.4, -0.2) is 61.6 Å². The number of guanidine groups is 1. The molecule has 0 saturated carbocycles. The number of rotatable bonds is 7. The number of nitrogens with one attached hydrogen (secondary N) is 2. The van der Waals surface area contributed by atoms with E-state index < -0.39 is 0 Å². The van der Waals surface area contributed by atoms with Crippen LogP contribution in [0.1, 0.15) is 26.2 Å². The molecule has 0 radical (unpaired) electrons. The number of aromatic nitrogens is 1. The number of amides is 1. The summed E-state index contributed by atoms with van der Waals surface area (Å²) in [7, 11) is 1.69. The third-order valence-corrected chi connectivity index (χ3v) is 4.53. The fraction of sp³-hybridized carbons (Fsp3) is 0.611. The second-order valence-corrected chi connectivity index (χ2v) is 6.64. The minimum absolute atomic E-state index is 0.122. The Morgan fingerprint density at radius 2 is 2.19 bits per heavy atom. The fourth-order valence-electron chi connectivity index (χ4n) is 2.89. The zero-order valence-electron chi connectivity index (χ0n) is 15.5. The fourth-order valence-corrected chi connectivity index (χ4v) is 3.00. The SMILES string of the molecule is CCNC(=NCCOc1ccc(Cl)cn1)N1CCC(CC(=O)NC)CC1. The molecule has 8 heteroatoms. The molecule has 2 rings (SSSR count). The molecule has 1 aromatic heterocycles. The molecule has 1 aromatic rings. The van der Waals surface area contributed by atoms with Crippen LogP contribution < -0.4 is 15.4 Å². The van der Waals surface area contributed by atoms with Crippen LogP contribution in [0.4, 0.5) is 0 Å². The Labute approximate surface area is 160 Å². The van der Waals surface area contributed by atoms with E-state index in [4.69, 9.17) is 16.3 Å². The van der Waals surface area contributed by atoms with Crippen molar-refractivity contribution in [3.05, 3.63) is 23.4 Å². The van der Waals surface area contributed by atoms with E-state index in [1.807, 2.05) is 0 Å². The van der Waals surface area contributed by atoms with Gasteiger partial charge in [-0.05, 0) is 31.7 Å². The van der Waals surface area contributed by atoms with E-state index in [0.717, 1.165) is 38.4 Å². The normalized spacial score (nSPS) is 15.7. The summed E-state index contributed by atoms with van der Waals surface area (Å²) in [6.45, 7) is 5.69. The second kappa shape index (κ2) is 10.9. The van der Waals surface area contributed by atoms with Gasteiger partial charge in [-0.25, -0.2) is 9.98 Å². The zero-order valence-corrected chi connectivity index (χ0v) is 16.3. The maximum absolute atomic E-state index is 11.5. The first-order valence-corrected chi connectivity index (χ1v) is 9.48. The number of ether oxygens (including phenoxy) is 1. The molecule has 0 spiro atoms. The van der Waals surface area contributed by atoms with E-state index in [1.165, 1.54) is 0 Å². The Balaban J connectivity index is 1.79. The number of hydrogen-bond donors (Lipinski definition) is 2. The number of nitrogens with zero attached hydrogens (tertiary/aromatic N) is 3. The smallest absolute Gasteiger partial charge is 0.220 e. The summed E-state index contributed by atoms with van der Waals surface area (Å²) in [6, 6.07) is 3.49. The molecule has 0 unspecified atom stereocenters. The number of pyridine rings is 1. The number of hydrogen-bond acceptors (Lipinski definition) is 4. The van der Waals surface area contributed by atoms with Crippen LogP contribution in [0.2, 0.25) is 5.02 Å². The predicted octanol–water partition coefficient (Wildman–Crippen LogP) is 1.93. The Bertz CT molecular complexity index is 586. The standard InChI is InChI=1S/C18H28ClN5O2/c1-3-21-18(22-8-11-26-17-5-4-15(19)13-23-17)24-9-6-14(7-10-24)12-16(25)20-2/h4-5,13-14H,3,6-12H2,1-2H3,(H,20,25)(H,21,22). The summed E-state index contributed by atoms with van der Waals surface area (Å²) < 4.78 is 5.58. The molecule has 1 fully saturated rings. The summed E-state index contributed by atoms with van der Waals surface area (Å²) >= 11 is 5.81. The monoisotopic (exact) mass is 381 g/mol. The Kier molecular flexibility index (Phi) is 8.47. The first-order valence-electron chi connectivity index (χ1n) is 9.10. The maximum atomic E-state index is 11.5. The molecule has 7 nitrogen and oxygen atoms in total. The van der Waals surface area contributed by atoms with Crippen molar-refractivity contribution < 1.29 is 9.53 Å². The van der Waals surface area contributed by atoms with Crippen molar-refractivity contribution in [3.8, 4) is 5.88 Å².